The van der Waals surface area contributed by atoms with E-state index in [-0.39, 0.29) is 18.0 Å². The van der Waals surface area contributed by atoms with Crippen LogP contribution in [0.5, 0.6) is 0 Å². The first-order valence-electron chi connectivity index (χ1n) is 4.89. The van der Waals surface area contributed by atoms with Crippen molar-refractivity contribution in [1.29, 1.82) is 5.41 Å². The zero-order chi connectivity index (χ0) is 11.4. The van der Waals surface area contributed by atoms with E-state index >= 15 is 0 Å². The highest BCUT2D eigenvalue weighted by Gasteiger charge is 2.39. The van der Waals surface area contributed by atoms with Gasteiger partial charge in [0.05, 0.1) is 13.2 Å². The van der Waals surface area contributed by atoms with Gasteiger partial charge in [-0.15, -0.1) is 0 Å². The minimum Gasteiger partial charge on any atom is -0.464 e. The molecule has 0 saturated carbocycles. The van der Waals surface area contributed by atoms with E-state index in [4.69, 9.17) is 20.6 Å². The van der Waals surface area contributed by atoms with Crippen molar-refractivity contribution in [3.8, 4) is 0 Å². The molecule has 2 unspecified atom stereocenters. The molecule has 86 valence electrons. The molecular formula is C9H17N3O3. The summed E-state index contributed by atoms with van der Waals surface area (Å²) < 4.78 is 10.0. The number of hydrogen-bond acceptors (Lipinski definition) is 4. The van der Waals surface area contributed by atoms with Crippen LogP contribution < -0.4 is 11.1 Å². The number of guanidine groups is 1. The van der Waals surface area contributed by atoms with Gasteiger partial charge in [0.15, 0.2) is 12.0 Å². The molecule has 1 fully saturated rings. The summed E-state index contributed by atoms with van der Waals surface area (Å²) in [7, 11) is 0. The summed E-state index contributed by atoms with van der Waals surface area (Å²) in [4.78, 5) is 11.5. The fourth-order valence-electron chi connectivity index (χ4n) is 1.06. The van der Waals surface area contributed by atoms with Crippen molar-refractivity contribution in [1.82, 2.24) is 5.32 Å². The zero-order valence-corrected chi connectivity index (χ0v) is 8.95. The number of nitrogens with two attached hydrogens (primary N) is 1. The Hall–Kier alpha value is -1.30. The van der Waals surface area contributed by atoms with Gasteiger partial charge in [-0.3, -0.25) is 5.41 Å². The Morgan fingerprint density at radius 1 is 1.73 bits per heavy atom. The van der Waals surface area contributed by atoms with Crippen molar-refractivity contribution in [2.75, 3.05) is 13.2 Å². The molecule has 1 aliphatic heterocycles. The molecule has 0 aliphatic carbocycles. The summed E-state index contributed by atoms with van der Waals surface area (Å²) in [6.45, 7) is 4.77. The Balaban J connectivity index is 2.40. The summed E-state index contributed by atoms with van der Waals surface area (Å²) in [5.41, 5.74) is 5.16. The van der Waals surface area contributed by atoms with Gasteiger partial charge in [-0.25, -0.2) is 4.79 Å². The molecule has 1 rings (SSSR count). The Morgan fingerprint density at radius 3 is 2.73 bits per heavy atom. The lowest BCUT2D eigenvalue weighted by Crippen LogP contribution is -2.48. The van der Waals surface area contributed by atoms with E-state index in [9.17, 15) is 4.79 Å². The molecule has 6 heteroatoms. The van der Waals surface area contributed by atoms with Crippen molar-refractivity contribution < 1.29 is 14.3 Å². The van der Waals surface area contributed by atoms with Crippen LogP contribution in [0.3, 0.4) is 0 Å². The van der Waals surface area contributed by atoms with Gasteiger partial charge in [-0.1, -0.05) is 13.8 Å². The smallest absolute Gasteiger partial charge is 0.331 e. The Labute approximate surface area is 88.6 Å². The van der Waals surface area contributed by atoms with Gasteiger partial charge < -0.3 is 20.5 Å². The number of nitrogens with one attached hydrogen (secondary N) is 2. The third-order valence-corrected chi connectivity index (χ3v) is 1.85. The molecule has 6 nitrogen and oxygen atoms in total. The van der Waals surface area contributed by atoms with E-state index in [0.29, 0.717) is 13.2 Å². The third-order valence-electron chi connectivity index (χ3n) is 1.85. The maximum Gasteiger partial charge on any atom is 0.331 e. The van der Waals surface area contributed by atoms with Gasteiger partial charge in [-0.05, 0) is 5.92 Å². The van der Waals surface area contributed by atoms with Gasteiger partial charge in [0.2, 0.25) is 0 Å². The Morgan fingerprint density at radius 2 is 2.33 bits per heavy atom. The first-order valence-corrected chi connectivity index (χ1v) is 4.89. The minimum atomic E-state index is -0.652. The maximum absolute atomic E-state index is 11.5. The highest BCUT2D eigenvalue weighted by Crippen LogP contribution is 2.15. The van der Waals surface area contributed by atoms with E-state index in [1.807, 2.05) is 13.8 Å². The second kappa shape index (κ2) is 4.97. The molecule has 0 spiro atoms. The lowest BCUT2D eigenvalue weighted by molar-refractivity contribution is -0.147. The van der Waals surface area contributed by atoms with Crippen LogP contribution in [0.4, 0.5) is 0 Å². The maximum atomic E-state index is 11.5. The van der Waals surface area contributed by atoms with Crippen molar-refractivity contribution >= 4 is 11.9 Å². The second-order valence-corrected chi connectivity index (χ2v) is 3.93. The van der Waals surface area contributed by atoms with Crippen molar-refractivity contribution in [2.45, 2.75) is 26.0 Å². The number of esters is 1. The molecule has 0 aromatic heterocycles. The van der Waals surface area contributed by atoms with Crippen LogP contribution in [0.25, 0.3) is 0 Å². The van der Waals surface area contributed by atoms with Crippen LogP contribution in [0.1, 0.15) is 13.8 Å². The van der Waals surface area contributed by atoms with Crippen LogP contribution in [0, 0.1) is 11.3 Å². The molecule has 1 heterocycles. The van der Waals surface area contributed by atoms with Crippen LogP contribution >= 0.6 is 0 Å². The first kappa shape index (κ1) is 11.8. The monoisotopic (exact) mass is 215 g/mol. The number of rotatable bonds is 5. The number of epoxide rings is 1. The SMILES string of the molecule is CC(C)COC(=O)C(NC(=N)N)C1CO1. The van der Waals surface area contributed by atoms with Crippen molar-refractivity contribution in [3.63, 3.8) is 0 Å². The van der Waals surface area contributed by atoms with E-state index in [0.717, 1.165) is 0 Å². The Kier molecular flexibility index (Phi) is 3.90. The number of carbonyl (C=O) groups excluding carboxylic acids is 1. The zero-order valence-electron chi connectivity index (χ0n) is 8.95. The molecule has 0 aromatic carbocycles. The van der Waals surface area contributed by atoms with Gasteiger partial charge in [-0.2, -0.15) is 0 Å². The fourth-order valence-corrected chi connectivity index (χ4v) is 1.06. The van der Waals surface area contributed by atoms with E-state index in [2.05, 4.69) is 5.32 Å². The molecular weight excluding hydrogens is 198 g/mol. The van der Waals surface area contributed by atoms with Gasteiger partial charge in [0.25, 0.3) is 0 Å². The van der Waals surface area contributed by atoms with Crippen molar-refractivity contribution in [2.24, 2.45) is 11.7 Å². The third kappa shape index (κ3) is 4.16. The largest absolute Gasteiger partial charge is 0.464 e. The number of hydrogen-bond donors (Lipinski definition) is 3. The van der Waals surface area contributed by atoms with Crippen LogP contribution in [0.2, 0.25) is 0 Å². The second-order valence-electron chi connectivity index (χ2n) is 3.93. The predicted octanol–water partition coefficient (Wildman–Crippen LogP) is -0.564. The van der Waals surface area contributed by atoms with Crippen LogP contribution in [0.15, 0.2) is 0 Å². The predicted molar refractivity (Wildman–Crippen MR) is 54.4 cm³/mol. The first-order chi connectivity index (χ1) is 7.00. The molecule has 0 amide bonds. The van der Waals surface area contributed by atoms with Crippen molar-refractivity contribution in [3.05, 3.63) is 0 Å². The fraction of sp³-hybridized carbons (Fsp3) is 0.778. The molecule has 4 N–H and O–H groups in total. The van der Waals surface area contributed by atoms with E-state index < -0.39 is 12.0 Å². The average Bonchev–Trinajstić information content (AvgIpc) is 2.93. The lowest BCUT2D eigenvalue weighted by atomic mass is 10.2. The van der Waals surface area contributed by atoms with Gasteiger partial charge >= 0.3 is 5.97 Å². The highest BCUT2D eigenvalue weighted by molar-refractivity contribution is 5.84. The molecule has 1 saturated heterocycles. The standard InChI is InChI=1S/C9H17N3O3/c1-5(2)3-15-8(13)7(6-4-14-6)12-9(10)11/h5-7H,3-4H2,1-2H3,(H4,10,11,12). The van der Waals surface area contributed by atoms with Gasteiger partial charge in [0, 0.05) is 0 Å². The van der Waals surface area contributed by atoms with Crippen LogP contribution in [-0.2, 0) is 14.3 Å². The average molecular weight is 215 g/mol. The van der Waals surface area contributed by atoms with E-state index in [1.165, 1.54) is 0 Å². The van der Waals surface area contributed by atoms with Crippen LogP contribution in [-0.4, -0.2) is 37.3 Å². The molecule has 2 atom stereocenters. The summed E-state index contributed by atoms with van der Waals surface area (Å²) in [6.07, 6.45) is -0.214. The molecule has 15 heavy (non-hydrogen) atoms. The normalized spacial score (nSPS) is 20.9. The van der Waals surface area contributed by atoms with Gasteiger partial charge in [0.1, 0.15) is 6.10 Å². The molecule has 0 bridgehead atoms. The Bertz CT molecular complexity index is 251. The molecule has 1 aliphatic rings. The minimum absolute atomic E-state index is 0.214. The number of carbonyl (C=O) groups is 1. The summed E-state index contributed by atoms with van der Waals surface area (Å²) in [5.74, 6) is -0.384. The molecule has 0 aromatic rings. The molecule has 0 radical (unpaired) electrons. The summed E-state index contributed by atoms with van der Waals surface area (Å²) >= 11 is 0. The summed E-state index contributed by atoms with van der Waals surface area (Å²) in [5, 5.41) is 9.59. The number of ether oxygens (including phenoxy) is 2. The highest BCUT2D eigenvalue weighted by atomic mass is 16.6. The topological polar surface area (TPSA) is 101 Å². The summed E-state index contributed by atoms with van der Waals surface area (Å²) in [6, 6.07) is -0.652. The lowest BCUT2D eigenvalue weighted by Gasteiger charge is -2.16. The van der Waals surface area contributed by atoms with E-state index in [1.54, 1.807) is 0 Å². The quantitative estimate of drug-likeness (QED) is 0.247.